The van der Waals surface area contributed by atoms with Crippen molar-refractivity contribution in [1.29, 1.82) is 0 Å². The minimum Gasteiger partial charge on any atom is -0.385 e. The van der Waals surface area contributed by atoms with Crippen molar-refractivity contribution in [2.45, 2.75) is 18.8 Å². The number of carbonyl (C=O) groups is 1. The number of H-pyrrole nitrogens is 1. The Balaban J connectivity index is 1.89. The molecular weight excluding hydrogens is 383 g/mol. The highest BCUT2D eigenvalue weighted by Crippen LogP contribution is 2.35. The number of ether oxygens (including phenoxy) is 1. The summed E-state index contributed by atoms with van der Waals surface area (Å²) in [6.07, 6.45) is 3.08. The first-order valence-corrected chi connectivity index (χ1v) is 9.62. The van der Waals surface area contributed by atoms with Gasteiger partial charge in [-0.15, -0.1) is 0 Å². The Morgan fingerprint density at radius 1 is 1.19 bits per heavy atom. The first kappa shape index (κ1) is 19.7. The minimum absolute atomic E-state index is 0.00698. The average Bonchev–Trinajstić information content (AvgIpc) is 3.09. The number of halogens is 2. The molecule has 1 unspecified atom stereocenters. The fourth-order valence-electron chi connectivity index (χ4n) is 3.22. The Labute approximate surface area is 168 Å². The third-order valence-electron chi connectivity index (χ3n) is 4.58. The number of hydrogen-bond donors (Lipinski definition) is 2. The third kappa shape index (κ3) is 4.83. The number of para-hydroxylation sites is 1. The van der Waals surface area contributed by atoms with Crippen molar-refractivity contribution in [1.82, 2.24) is 10.3 Å². The summed E-state index contributed by atoms with van der Waals surface area (Å²) in [6, 6.07) is 13.6. The smallest absolute Gasteiger partial charge is 0.220 e. The second kappa shape index (κ2) is 9.27. The van der Waals surface area contributed by atoms with Gasteiger partial charge in [0.25, 0.3) is 0 Å². The number of aromatic nitrogens is 1. The largest absolute Gasteiger partial charge is 0.385 e. The monoisotopic (exact) mass is 404 g/mol. The van der Waals surface area contributed by atoms with E-state index in [1.165, 1.54) is 0 Å². The Morgan fingerprint density at radius 2 is 2.00 bits per heavy atom. The Bertz CT molecular complexity index is 923. The predicted octanol–water partition coefficient (Wildman–Crippen LogP) is 5.15. The van der Waals surface area contributed by atoms with Crippen LogP contribution in [0.1, 0.15) is 29.9 Å². The maximum Gasteiger partial charge on any atom is 0.220 e. The summed E-state index contributed by atoms with van der Waals surface area (Å²) < 4.78 is 5.02. The van der Waals surface area contributed by atoms with E-state index in [2.05, 4.69) is 16.4 Å². The number of benzene rings is 2. The van der Waals surface area contributed by atoms with E-state index in [1.54, 1.807) is 13.2 Å². The molecule has 0 saturated heterocycles. The molecule has 2 N–H and O–H groups in total. The number of carbonyl (C=O) groups excluding carboxylic acids is 1. The van der Waals surface area contributed by atoms with Gasteiger partial charge < -0.3 is 15.0 Å². The second-order valence-corrected chi connectivity index (χ2v) is 7.23. The standard InChI is InChI=1S/C21H22Cl2N2O2/c1-27-10-4-9-24-21(26)12-16(14-7-8-18(22)19(23)11-14)17-13-25-20-6-3-2-5-15(17)20/h2-3,5-8,11,13,16,25H,4,9-10,12H2,1H3,(H,24,26). The second-order valence-electron chi connectivity index (χ2n) is 6.42. The molecular formula is C21H22Cl2N2O2. The maximum absolute atomic E-state index is 12.6. The molecule has 27 heavy (non-hydrogen) atoms. The molecule has 0 aliphatic heterocycles. The zero-order valence-electron chi connectivity index (χ0n) is 15.1. The topological polar surface area (TPSA) is 54.1 Å². The number of methoxy groups -OCH3 is 1. The van der Waals surface area contributed by atoms with Crippen molar-refractivity contribution in [3.05, 3.63) is 69.8 Å². The van der Waals surface area contributed by atoms with Crippen molar-refractivity contribution in [2.24, 2.45) is 0 Å². The van der Waals surface area contributed by atoms with E-state index in [0.29, 0.717) is 29.6 Å². The van der Waals surface area contributed by atoms with Crippen LogP contribution in [0.5, 0.6) is 0 Å². The van der Waals surface area contributed by atoms with Crippen molar-refractivity contribution < 1.29 is 9.53 Å². The summed E-state index contributed by atoms with van der Waals surface area (Å²) in [5.41, 5.74) is 3.07. The molecule has 6 heteroatoms. The fraction of sp³-hybridized carbons (Fsp3) is 0.286. The van der Waals surface area contributed by atoms with Crippen LogP contribution >= 0.6 is 23.2 Å². The van der Waals surface area contributed by atoms with Gasteiger partial charge in [-0.05, 0) is 35.7 Å². The number of rotatable bonds is 8. The van der Waals surface area contributed by atoms with E-state index in [4.69, 9.17) is 27.9 Å². The van der Waals surface area contributed by atoms with Gasteiger partial charge in [0.2, 0.25) is 5.91 Å². The van der Waals surface area contributed by atoms with Crippen molar-refractivity contribution >= 4 is 40.0 Å². The highest BCUT2D eigenvalue weighted by Gasteiger charge is 2.22. The molecule has 0 aliphatic rings. The molecule has 1 aromatic heterocycles. The van der Waals surface area contributed by atoms with Crippen molar-refractivity contribution in [3.63, 3.8) is 0 Å². The summed E-state index contributed by atoms with van der Waals surface area (Å²) in [5, 5.41) is 5.05. The Kier molecular flexibility index (Phi) is 6.78. The quantitative estimate of drug-likeness (QED) is 0.510. The zero-order chi connectivity index (χ0) is 19.2. The first-order chi connectivity index (χ1) is 13.1. The van der Waals surface area contributed by atoms with Gasteiger partial charge in [-0.1, -0.05) is 47.5 Å². The van der Waals surface area contributed by atoms with E-state index in [-0.39, 0.29) is 11.8 Å². The molecule has 0 fully saturated rings. The molecule has 0 saturated carbocycles. The predicted molar refractivity (Wildman–Crippen MR) is 111 cm³/mol. The molecule has 142 valence electrons. The van der Waals surface area contributed by atoms with Crippen LogP contribution in [0, 0.1) is 0 Å². The van der Waals surface area contributed by atoms with Gasteiger partial charge in [0.05, 0.1) is 10.0 Å². The normalized spacial score (nSPS) is 12.3. The van der Waals surface area contributed by atoms with E-state index in [0.717, 1.165) is 28.5 Å². The van der Waals surface area contributed by atoms with E-state index < -0.39 is 0 Å². The van der Waals surface area contributed by atoms with Gasteiger partial charge in [-0.2, -0.15) is 0 Å². The Morgan fingerprint density at radius 3 is 2.78 bits per heavy atom. The lowest BCUT2D eigenvalue weighted by atomic mass is 9.88. The molecule has 0 radical (unpaired) electrons. The van der Waals surface area contributed by atoms with Crippen LogP contribution in [0.4, 0.5) is 0 Å². The van der Waals surface area contributed by atoms with Gasteiger partial charge in [0, 0.05) is 49.7 Å². The third-order valence-corrected chi connectivity index (χ3v) is 5.32. The van der Waals surface area contributed by atoms with Crippen LogP contribution in [0.2, 0.25) is 10.0 Å². The molecule has 3 aromatic rings. The summed E-state index contributed by atoms with van der Waals surface area (Å²) in [6.45, 7) is 1.22. The molecule has 0 spiro atoms. The molecule has 0 aliphatic carbocycles. The lowest BCUT2D eigenvalue weighted by molar-refractivity contribution is -0.121. The molecule has 1 atom stereocenters. The van der Waals surface area contributed by atoms with Crippen LogP contribution in [0.25, 0.3) is 10.9 Å². The number of aromatic amines is 1. The zero-order valence-corrected chi connectivity index (χ0v) is 16.6. The molecule has 4 nitrogen and oxygen atoms in total. The molecule has 3 rings (SSSR count). The minimum atomic E-state index is -0.127. The molecule has 1 heterocycles. The van der Waals surface area contributed by atoms with E-state index >= 15 is 0 Å². The van der Waals surface area contributed by atoms with Crippen molar-refractivity contribution in [3.8, 4) is 0 Å². The van der Waals surface area contributed by atoms with Crippen LogP contribution in [0.15, 0.2) is 48.7 Å². The van der Waals surface area contributed by atoms with E-state index in [1.807, 2.05) is 36.5 Å². The van der Waals surface area contributed by atoms with Crippen LogP contribution in [-0.4, -0.2) is 31.2 Å². The van der Waals surface area contributed by atoms with Gasteiger partial charge in [-0.25, -0.2) is 0 Å². The van der Waals surface area contributed by atoms with Gasteiger partial charge in [0.1, 0.15) is 0 Å². The average molecular weight is 405 g/mol. The molecule has 0 bridgehead atoms. The summed E-state index contributed by atoms with van der Waals surface area (Å²) in [5.74, 6) is -0.134. The van der Waals surface area contributed by atoms with Crippen molar-refractivity contribution in [2.75, 3.05) is 20.3 Å². The lowest BCUT2D eigenvalue weighted by Gasteiger charge is -2.18. The van der Waals surface area contributed by atoms with Gasteiger partial charge >= 0.3 is 0 Å². The van der Waals surface area contributed by atoms with Crippen LogP contribution in [-0.2, 0) is 9.53 Å². The highest BCUT2D eigenvalue weighted by molar-refractivity contribution is 6.42. The number of amides is 1. The number of hydrogen-bond acceptors (Lipinski definition) is 2. The fourth-order valence-corrected chi connectivity index (χ4v) is 3.53. The summed E-state index contributed by atoms with van der Waals surface area (Å²) >= 11 is 12.3. The van der Waals surface area contributed by atoms with E-state index in [9.17, 15) is 4.79 Å². The number of fused-ring (bicyclic) bond motifs is 1. The molecule has 2 aromatic carbocycles. The Hall–Kier alpha value is -2.01. The van der Waals surface area contributed by atoms with Crippen LogP contribution < -0.4 is 5.32 Å². The molecule has 1 amide bonds. The summed E-state index contributed by atoms with van der Waals surface area (Å²) in [7, 11) is 1.65. The maximum atomic E-state index is 12.6. The number of nitrogens with one attached hydrogen (secondary N) is 2. The summed E-state index contributed by atoms with van der Waals surface area (Å²) in [4.78, 5) is 15.8. The van der Waals surface area contributed by atoms with Gasteiger partial charge in [0.15, 0.2) is 0 Å². The van der Waals surface area contributed by atoms with Crippen LogP contribution in [0.3, 0.4) is 0 Å². The SMILES string of the molecule is COCCCNC(=O)CC(c1ccc(Cl)c(Cl)c1)c1c[nH]c2ccccc12. The highest BCUT2D eigenvalue weighted by atomic mass is 35.5. The first-order valence-electron chi connectivity index (χ1n) is 8.86. The lowest BCUT2D eigenvalue weighted by Crippen LogP contribution is -2.27. The van der Waals surface area contributed by atoms with Gasteiger partial charge in [-0.3, -0.25) is 4.79 Å².